The van der Waals surface area contributed by atoms with Crippen LogP contribution in [0.5, 0.6) is 0 Å². The van der Waals surface area contributed by atoms with E-state index < -0.39 is 12.0 Å². The molecular formula is C5H11NO2S. The van der Waals surface area contributed by atoms with Gasteiger partial charge in [0.2, 0.25) is 5.91 Å². The van der Waals surface area contributed by atoms with Crippen LogP contribution in [-0.2, 0) is 4.79 Å². The highest BCUT2D eigenvalue weighted by Crippen LogP contribution is 1.96. The molecule has 1 unspecified atom stereocenters. The van der Waals surface area contributed by atoms with Gasteiger partial charge in [-0.2, -0.15) is 12.6 Å². The lowest BCUT2D eigenvalue weighted by molar-refractivity contribution is -0.126. The number of primary amides is 1. The topological polar surface area (TPSA) is 63.3 Å². The third kappa shape index (κ3) is 4.29. The predicted molar refractivity (Wildman–Crippen MR) is 38.3 cm³/mol. The zero-order valence-corrected chi connectivity index (χ0v) is 5.97. The van der Waals surface area contributed by atoms with Crippen molar-refractivity contribution in [1.29, 1.82) is 0 Å². The van der Waals surface area contributed by atoms with E-state index in [9.17, 15) is 4.79 Å². The normalized spacial score (nSPS) is 13.1. The van der Waals surface area contributed by atoms with Crippen LogP contribution in [0.2, 0.25) is 0 Å². The Hall–Kier alpha value is -0.220. The van der Waals surface area contributed by atoms with Crippen LogP contribution in [0.15, 0.2) is 0 Å². The predicted octanol–water partition coefficient (Wildman–Crippen LogP) is -0.457. The van der Waals surface area contributed by atoms with Gasteiger partial charge in [-0.15, -0.1) is 0 Å². The van der Waals surface area contributed by atoms with E-state index in [0.29, 0.717) is 18.6 Å². The molecule has 9 heavy (non-hydrogen) atoms. The number of thiol groups is 1. The van der Waals surface area contributed by atoms with Crippen molar-refractivity contribution in [2.24, 2.45) is 5.73 Å². The summed E-state index contributed by atoms with van der Waals surface area (Å²) in [4.78, 5) is 10.2. The van der Waals surface area contributed by atoms with Gasteiger partial charge in [0.05, 0.1) is 0 Å². The van der Waals surface area contributed by atoms with Crippen LogP contribution in [0.3, 0.4) is 0 Å². The number of hydrogen-bond acceptors (Lipinski definition) is 3. The largest absolute Gasteiger partial charge is 0.383 e. The van der Waals surface area contributed by atoms with Crippen LogP contribution in [0, 0.1) is 0 Å². The van der Waals surface area contributed by atoms with Gasteiger partial charge >= 0.3 is 0 Å². The maximum atomic E-state index is 10.2. The van der Waals surface area contributed by atoms with Crippen molar-refractivity contribution >= 4 is 18.5 Å². The van der Waals surface area contributed by atoms with Crippen LogP contribution in [0.25, 0.3) is 0 Å². The van der Waals surface area contributed by atoms with E-state index in [-0.39, 0.29) is 0 Å². The summed E-state index contributed by atoms with van der Waals surface area (Å²) < 4.78 is 0. The van der Waals surface area contributed by atoms with Gasteiger partial charge in [-0.1, -0.05) is 0 Å². The van der Waals surface area contributed by atoms with Crippen molar-refractivity contribution in [3.05, 3.63) is 0 Å². The van der Waals surface area contributed by atoms with Crippen LogP contribution >= 0.6 is 12.6 Å². The first-order valence-electron chi connectivity index (χ1n) is 2.76. The summed E-state index contributed by atoms with van der Waals surface area (Å²) in [6, 6.07) is 0. The van der Waals surface area contributed by atoms with E-state index in [2.05, 4.69) is 12.6 Å². The Morgan fingerprint density at radius 2 is 2.33 bits per heavy atom. The molecule has 0 aromatic heterocycles. The molecule has 0 rings (SSSR count). The second kappa shape index (κ2) is 4.64. The first-order valence-corrected chi connectivity index (χ1v) is 3.40. The monoisotopic (exact) mass is 149 g/mol. The quantitative estimate of drug-likeness (QED) is 0.474. The molecule has 0 spiro atoms. The first kappa shape index (κ1) is 8.78. The van der Waals surface area contributed by atoms with E-state index >= 15 is 0 Å². The highest BCUT2D eigenvalue weighted by Gasteiger charge is 2.08. The van der Waals surface area contributed by atoms with Gasteiger partial charge in [0.15, 0.2) is 0 Å². The van der Waals surface area contributed by atoms with Crippen molar-refractivity contribution in [3.8, 4) is 0 Å². The molecule has 54 valence electrons. The van der Waals surface area contributed by atoms with E-state index in [1.54, 1.807) is 0 Å². The molecule has 0 fully saturated rings. The Bertz CT molecular complexity index is 97.0. The minimum absolute atomic E-state index is 0.416. The number of amides is 1. The SMILES string of the molecule is NC(=O)C(O)CCCS. The second-order valence-electron chi connectivity index (χ2n) is 1.78. The highest BCUT2D eigenvalue weighted by atomic mass is 32.1. The van der Waals surface area contributed by atoms with Crippen LogP contribution < -0.4 is 5.73 Å². The molecule has 0 aliphatic heterocycles. The zero-order chi connectivity index (χ0) is 7.28. The van der Waals surface area contributed by atoms with E-state index in [0.717, 1.165) is 0 Å². The van der Waals surface area contributed by atoms with E-state index in [4.69, 9.17) is 10.8 Å². The summed E-state index contributed by atoms with van der Waals surface area (Å²) in [5.74, 6) is 0.0152. The molecule has 4 heteroatoms. The fourth-order valence-corrected chi connectivity index (χ4v) is 0.609. The van der Waals surface area contributed by atoms with Gasteiger partial charge in [0, 0.05) is 0 Å². The lowest BCUT2D eigenvalue weighted by Crippen LogP contribution is -2.27. The number of rotatable bonds is 4. The van der Waals surface area contributed by atoms with Crippen LogP contribution in [0.4, 0.5) is 0 Å². The van der Waals surface area contributed by atoms with E-state index in [1.165, 1.54) is 0 Å². The second-order valence-corrected chi connectivity index (χ2v) is 2.23. The molecule has 0 saturated heterocycles. The van der Waals surface area contributed by atoms with Gasteiger partial charge in [-0.3, -0.25) is 4.79 Å². The van der Waals surface area contributed by atoms with Crippen molar-refractivity contribution in [3.63, 3.8) is 0 Å². The molecule has 0 bridgehead atoms. The van der Waals surface area contributed by atoms with Crippen LogP contribution in [-0.4, -0.2) is 22.9 Å². The first-order chi connectivity index (χ1) is 4.18. The maximum absolute atomic E-state index is 10.2. The number of carbonyl (C=O) groups is 1. The molecule has 0 aromatic rings. The Kier molecular flexibility index (Phi) is 4.53. The summed E-state index contributed by atoms with van der Waals surface area (Å²) in [5.41, 5.74) is 4.76. The molecule has 1 atom stereocenters. The Balaban J connectivity index is 3.27. The van der Waals surface area contributed by atoms with Crippen molar-refractivity contribution in [2.75, 3.05) is 5.75 Å². The third-order valence-corrected chi connectivity index (χ3v) is 1.28. The van der Waals surface area contributed by atoms with Gasteiger partial charge < -0.3 is 10.8 Å². The summed E-state index contributed by atoms with van der Waals surface area (Å²) in [7, 11) is 0. The van der Waals surface area contributed by atoms with Gasteiger partial charge in [-0.05, 0) is 18.6 Å². The van der Waals surface area contributed by atoms with E-state index in [1.807, 2.05) is 0 Å². The third-order valence-electron chi connectivity index (χ3n) is 0.964. The average molecular weight is 149 g/mol. The standard InChI is InChI=1S/C5H11NO2S/c6-5(8)4(7)2-1-3-9/h4,7,9H,1-3H2,(H2,6,8). The fraction of sp³-hybridized carbons (Fsp3) is 0.800. The molecule has 3 nitrogen and oxygen atoms in total. The number of aliphatic hydroxyl groups is 1. The van der Waals surface area contributed by atoms with Crippen LogP contribution in [0.1, 0.15) is 12.8 Å². The Morgan fingerprint density at radius 3 is 2.67 bits per heavy atom. The van der Waals surface area contributed by atoms with Gasteiger partial charge in [0.25, 0.3) is 0 Å². The number of aliphatic hydroxyl groups excluding tert-OH is 1. The summed E-state index contributed by atoms with van der Waals surface area (Å²) in [5, 5.41) is 8.75. The summed E-state index contributed by atoms with van der Waals surface area (Å²) in [6.07, 6.45) is 0.142. The maximum Gasteiger partial charge on any atom is 0.246 e. The Morgan fingerprint density at radius 1 is 1.78 bits per heavy atom. The fourth-order valence-electron chi connectivity index (χ4n) is 0.427. The summed E-state index contributed by atoms with van der Waals surface area (Å²) in [6.45, 7) is 0. The zero-order valence-electron chi connectivity index (χ0n) is 5.08. The average Bonchev–Trinajstić information content (AvgIpc) is 1.82. The molecule has 0 radical (unpaired) electrons. The number of carbonyl (C=O) groups excluding carboxylic acids is 1. The van der Waals surface area contributed by atoms with Gasteiger partial charge in [0.1, 0.15) is 6.10 Å². The lowest BCUT2D eigenvalue weighted by atomic mass is 10.2. The molecule has 3 N–H and O–H groups in total. The molecular weight excluding hydrogens is 138 g/mol. The lowest BCUT2D eigenvalue weighted by Gasteiger charge is -2.02. The van der Waals surface area contributed by atoms with Crippen molar-refractivity contribution in [2.45, 2.75) is 18.9 Å². The molecule has 0 heterocycles. The van der Waals surface area contributed by atoms with Crippen molar-refractivity contribution in [1.82, 2.24) is 0 Å². The van der Waals surface area contributed by atoms with Crippen molar-refractivity contribution < 1.29 is 9.90 Å². The minimum atomic E-state index is -0.989. The highest BCUT2D eigenvalue weighted by molar-refractivity contribution is 7.80. The summed E-state index contributed by atoms with van der Waals surface area (Å²) >= 11 is 3.90. The number of nitrogens with two attached hydrogens (primary N) is 1. The number of hydrogen-bond donors (Lipinski definition) is 3. The molecule has 0 aliphatic carbocycles. The molecule has 1 amide bonds. The molecule has 0 aliphatic rings. The Labute approximate surface area is 59.6 Å². The smallest absolute Gasteiger partial charge is 0.246 e. The molecule has 0 saturated carbocycles. The molecule has 0 aromatic carbocycles. The van der Waals surface area contributed by atoms with Gasteiger partial charge in [-0.25, -0.2) is 0 Å². The minimum Gasteiger partial charge on any atom is -0.383 e.